The van der Waals surface area contributed by atoms with Crippen LogP contribution in [0.25, 0.3) is 0 Å². The largest absolute Gasteiger partial charge is 0.445 e. The predicted octanol–water partition coefficient (Wildman–Crippen LogP) is 0.735. The van der Waals surface area contributed by atoms with Crippen LogP contribution >= 0.6 is 0 Å². The molecule has 122 valence electrons. The lowest BCUT2D eigenvalue weighted by atomic mass is 10.2. The first-order chi connectivity index (χ1) is 10.4. The van der Waals surface area contributed by atoms with E-state index < -0.39 is 28.4 Å². The van der Waals surface area contributed by atoms with E-state index in [4.69, 9.17) is 8.92 Å². The highest BCUT2D eigenvalue weighted by Gasteiger charge is 2.37. The van der Waals surface area contributed by atoms with Gasteiger partial charge in [-0.2, -0.15) is 8.42 Å². The van der Waals surface area contributed by atoms with E-state index in [2.05, 4.69) is 0 Å². The number of amides is 1. The van der Waals surface area contributed by atoms with Gasteiger partial charge in [-0.1, -0.05) is 30.3 Å². The third kappa shape index (κ3) is 4.69. The number of likely N-dealkylation sites (tertiary alicyclic amines) is 1. The summed E-state index contributed by atoms with van der Waals surface area (Å²) in [5.74, 6) is 0. The van der Waals surface area contributed by atoms with Gasteiger partial charge >= 0.3 is 6.09 Å². The Labute approximate surface area is 129 Å². The van der Waals surface area contributed by atoms with Crippen molar-refractivity contribution in [2.75, 3.05) is 19.4 Å². The third-order valence-electron chi connectivity index (χ3n) is 3.34. The minimum atomic E-state index is -3.60. The molecule has 1 N–H and O–H groups in total. The molecule has 8 heteroatoms. The summed E-state index contributed by atoms with van der Waals surface area (Å²) in [5, 5.41) is 9.33. The molecule has 0 spiro atoms. The molecule has 1 aliphatic heterocycles. The molecule has 1 aromatic rings. The van der Waals surface area contributed by atoms with Crippen LogP contribution in [0.5, 0.6) is 0 Å². The summed E-state index contributed by atoms with van der Waals surface area (Å²) in [6.07, 6.45) is -0.0413. The number of nitrogens with zero attached hydrogens (tertiary/aromatic N) is 1. The molecule has 0 radical (unpaired) electrons. The van der Waals surface area contributed by atoms with E-state index in [0.29, 0.717) is 0 Å². The SMILES string of the molecule is CS(=O)(=O)OC1CC(CO)N(C(=O)OCc2ccccc2)C1. The molecule has 1 fully saturated rings. The van der Waals surface area contributed by atoms with Crippen molar-refractivity contribution in [1.82, 2.24) is 4.90 Å². The Bertz CT molecular complexity index is 603. The molecule has 0 aliphatic carbocycles. The average molecular weight is 329 g/mol. The van der Waals surface area contributed by atoms with Gasteiger partial charge in [0.25, 0.3) is 10.1 Å². The molecule has 22 heavy (non-hydrogen) atoms. The molecule has 0 saturated carbocycles. The molecule has 0 bridgehead atoms. The molecule has 1 aromatic carbocycles. The Hall–Kier alpha value is -1.64. The van der Waals surface area contributed by atoms with Crippen molar-refractivity contribution in [3.05, 3.63) is 35.9 Å². The van der Waals surface area contributed by atoms with Gasteiger partial charge in [-0.25, -0.2) is 4.79 Å². The second-order valence-electron chi connectivity index (χ2n) is 5.19. The Morgan fingerprint density at radius 2 is 2.05 bits per heavy atom. The van der Waals surface area contributed by atoms with Crippen molar-refractivity contribution < 1.29 is 27.2 Å². The van der Waals surface area contributed by atoms with Crippen LogP contribution in [0.4, 0.5) is 4.79 Å². The van der Waals surface area contributed by atoms with Crippen molar-refractivity contribution in [3.63, 3.8) is 0 Å². The molecular formula is C14H19NO6S. The molecule has 2 unspecified atom stereocenters. The highest BCUT2D eigenvalue weighted by Crippen LogP contribution is 2.22. The summed E-state index contributed by atoms with van der Waals surface area (Å²) in [6.45, 7) is -0.0814. The minimum absolute atomic E-state index is 0.0753. The Morgan fingerprint density at radius 1 is 1.36 bits per heavy atom. The molecule has 1 amide bonds. The van der Waals surface area contributed by atoms with Crippen molar-refractivity contribution in [2.24, 2.45) is 0 Å². The van der Waals surface area contributed by atoms with Crippen LogP contribution in [-0.2, 0) is 25.6 Å². The Balaban J connectivity index is 1.93. The highest BCUT2D eigenvalue weighted by molar-refractivity contribution is 7.86. The number of ether oxygens (including phenoxy) is 1. The molecule has 1 saturated heterocycles. The van der Waals surface area contributed by atoms with Crippen molar-refractivity contribution >= 4 is 16.2 Å². The zero-order chi connectivity index (χ0) is 16.2. The number of benzene rings is 1. The predicted molar refractivity (Wildman–Crippen MR) is 78.5 cm³/mol. The normalized spacial score (nSPS) is 21.8. The first kappa shape index (κ1) is 16.7. The summed E-state index contributed by atoms with van der Waals surface area (Å²) in [4.78, 5) is 13.4. The molecule has 2 rings (SSSR count). The van der Waals surface area contributed by atoms with Crippen LogP contribution in [0.1, 0.15) is 12.0 Å². The Kier molecular flexibility index (Phi) is 5.38. The number of hydrogen-bond acceptors (Lipinski definition) is 6. The van der Waals surface area contributed by atoms with Crippen LogP contribution in [0.15, 0.2) is 30.3 Å². The first-order valence-corrected chi connectivity index (χ1v) is 8.67. The summed E-state index contributed by atoms with van der Waals surface area (Å²) in [5.41, 5.74) is 0.847. The molecule has 1 heterocycles. The fraction of sp³-hybridized carbons (Fsp3) is 0.500. The van der Waals surface area contributed by atoms with Crippen LogP contribution in [0.3, 0.4) is 0 Å². The lowest BCUT2D eigenvalue weighted by Gasteiger charge is -2.21. The number of carbonyl (C=O) groups excluding carboxylic acids is 1. The van der Waals surface area contributed by atoms with E-state index in [0.717, 1.165) is 11.8 Å². The van der Waals surface area contributed by atoms with Gasteiger partial charge in [-0.15, -0.1) is 0 Å². The number of aliphatic hydroxyl groups is 1. The van der Waals surface area contributed by atoms with Crippen molar-refractivity contribution in [1.29, 1.82) is 0 Å². The van der Waals surface area contributed by atoms with Gasteiger partial charge in [0, 0.05) is 0 Å². The summed E-state index contributed by atoms with van der Waals surface area (Å²) in [6, 6.07) is 8.69. The van der Waals surface area contributed by atoms with Gasteiger partial charge in [0.05, 0.1) is 31.6 Å². The number of hydrogen-bond donors (Lipinski definition) is 1. The quantitative estimate of drug-likeness (QED) is 0.801. The van der Waals surface area contributed by atoms with Crippen molar-refractivity contribution in [3.8, 4) is 0 Å². The van der Waals surface area contributed by atoms with Gasteiger partial charge in [-0.3, -0.25) is 4.18 Å². The fourth-order valence-corrected chi connectivity index (χ4v) is 3.02. The first-order valence-electron chi connectivity index (χ1n) is 6.85. The zero-order valence-corrected chi connectivity index (χ0v) is 13.0. The lowest BCUT2D eigenvalue weighted by Crippen LogP contribution is -2.38. The smallest absolute Gasteiger partial charge is 0.410 e. The second kappa shape index (κ2) is 7.08. The zero-order valence-electron chi connectivity index (χ0n) is 12.2. The van der Waals surface area contributed by atoms with E-state index >= 15 is 0 Å². The maximum Gasteiger partial charge on any atom is 0.410 e. The van der Waals surface area contributed by atoms with Crippen LogP contribution in [0, 0.1) is 0 Å². The second-order valence-corrected chi connectivity index (χ2v) is 6.79. The van der Waals surface area contributed by atoms with Gasteiger partial charge in [0.2, 0.25) is 0 Å². The number of rotatable bonds is 5. The summed E-state index contributed by atoms with van der Waals surface area (Å²) < 4.78 is 32.4. The molecule has 2 atom stereocenters. The molecular weight excluding hydrogens is 310 g/mol. The molecule has 1 aliphatic rings. The van der Waals surface area contributed by atoms with E-state index in [1.807, 2.05) is 30.3 Å². The maximum atomic E-state index is 12.1. The Morgan fingerprint density at radius 3 is 2.64 bits per heavy atom. The van der Waals surface area contributed by atoms with E-state index in [1.54, 1.807) is 0 Å². The summed E-state index contributed by atoms with van der Waals surface area (Å²) >= 11 is 0. The maximum absolute atomic E-state index is 12.1. The van der Waals surface area contributed by atoms with E-state index in [1.165, 1.54) is 4.90 Å². The monoisotopic (exact) mass is 329 g/mol. The average Bonchev–Trinajstić information content (AvgIpc) is 2.86. The third-order valence-corrected chi connectivity index (χ3v) is 3.96. The standard InChI is InChI=1S/C14H19NO6S/c1-22(18,19)21-13-7-12(9-16)15(8-13)14(17)20-10-11-5-3-2-4-6-11/h2-6,12-13,16H,7-10H2,1H3. The van der Waals surface area contributed by atoms with Gasteiger partial charge in [0.1, 0.15) is 6.61 Å². The molecule has 7 nitrogen and oxygen atoms in total. The van der Waals surface area contributed by atoms with Crippen LogP contribution < -0.4 is 0 Å². The van der Waals surface area contributed by atoms with Gasteiger partial charge in [0.15, 0.2) is 0 Å². The van der Waals surface area contributed by atoms with E-state index in [9.17, 15) is 18.3 Å². The van der Waals surface area contributed by atoms with E-state index in [-0.39, 0.29) is 26.2 Å². The molecule has 0 aromatic heterocycles. The van der Waals surface area contributed by atoms with Crippen LogP contribution in [0.2, 0.25) is 0 Å². The number of carbonyl (C=O) groups is 1. The fourth-order valence-electron chi connectivity index (χ4n) is 2.39. The summed E-state index contributed by atoms with van der Waals surface area (Å²) in [7, 11) is -3.60. The lowest BCUT2D eigenvalue weighted by molar-refractivity contribution is 0.0780. The highest BCUT2D eigenvalue weighted by atomic mass is 32.2. The number of aliphatic hydroxyl groups excluding tert-OH is 1. The topological polar surface area (TPSA) is 93.1 Å². The minimum Gasteiger partial charge on any atom is -0.445 e. The van der Waals surface area contributed by atoms with Gasteiger partial charge < -0.3 is 14.7 Å². The van der Waals surface area contributed by atoms with Crippen molar-refractivity contribution in [2.45, 2.75) is 25.2 Å². The van der Waals surface area contributed by atoms with Gasteiger partial charge in [-0.05, 0) is 12.0 Å². The van der Waals surface area contributed by atoms with Crippen LogP contribution in [-0.4, -0.2) is 56.1 Å².